The van der Waals surface area contributed by atoms with Crippen LogP contribution in [0.4, 0.5) is 13.2 Å². The molecule has 23 heavy (non-hydrogen) atoms. The molecular weight excluding hydrogens is 323 g/mol. The van der Waals surface area contributed by atoms with Crippen molar-refractivity contribution in [2.45, 2.75) is 50.7 Å². The molecule has 0 saturated heterocycles. The number of rotatable bonds is 5. The molecule has 0 fully saturated rings. The second-order valence-corrected chi connectivity index (χ2v) is 6.01. The number of aromatic nitrogens is 3. The van der Waals surface area contributed by atoms with Gasteiger partial charge in [-0.2, -0.15) is 13.2 Å². The zero-order chi connectivity index (χ0) is 17.0. The van der Waals surface area contributed by atoms with Crippen LogP contribution in [0.2, 0.25) is 0 Å². The summed E-state index contributed by atoms with van der Waals surface area (Å²) in [4.78, 5) is 12.1. The molecule has 3 nitrogen and oxygen atoms in total. The van der Waals surface area contributed by atoms with E-state index in [1.807, 2.05) is 19.9 Å². The van der Waals surface area contributed by atoms with E-state index in [1.165, 1.54) is 11.8 Å². The van der Waals surface area contributed by atoms with E-state index in [0.29, 0.717) is 11.4 Å². The highest BCUT2D eigenvalue weighted by Crippen LogP contribution is 2.30. The molecule has 2 aromatic rings. The van der Waals surface area contributed by atoms with E-state index >= 15 is 0 Å². The fourth-order valence-electron chi connectivity index (χ4n) is 2.28. The molecule has 0 atom stereocenters. The van der Waals surface area contributed by atoms with Gasteiger partial charge in [0.05, 0.1) is 0 Å². The van der Waals surface area contributed by atoms with E-state index in [0.717, 1.165) is 35.7 Å². The molecule has 124 valence electrons. The van der Waals surface area contributed by atoms with Crippen molar-refractivity contribution in [1.82, 2.24) is 15.0 Å². The van der Waals surface area contributed by atoms with Crippen molar-refractivity contribution in [3.8, 4) is 0 Å². The van der Waals surface area contributed by atoms with Gasteiger partial charge in [-0.15, -0.1) is 0 Å². The minimum Gasteiger partial charge on any atom is -0.261 e. The molecule has 0 saturated carbocycles. The van der Waals surface area contributed by atoms with E-state index in [1.54, 1.807) is 13.1 Å². The molecule has 0 amide bonds. The summed E-state index contributed by atoms with van der Waals surface area (Å²) in [5.41, 5.74) is 2.62. The summed E-state index contributed by atoms with van der Waals surface area (Å²) >= 11 is 1.21. The van der Waals surface area contributed by atoms with E-state index in [4.69, 9.17) is 0 Å². The van der Waals surface area contributed by atoms with Crippen molar-refractivity contribution < 1.29 is 13.2 Å². The van der Waals surface area contributed by atoms with E-state index < -0.39 is 11.9 Å². The highest BCUT2D eigenvalue weighted by molar-refractivity contribution is 7.98. The highest BCUT2D eigenvalue weighted by Gasteiger charge is 2.33. The molecule has 0 spiro atoms. The molecule has 0 unspecified atom stereocenters. The lowest BCUT2D eigenvalue weighted by Gasteiger charge is -2.12. The number of alkyl halides is 3. The van der Waals surface area contributed by atoms with E-state index in [-0.39, 0.29) is 5.16 Å². The van der Waals surface area contributed by atoms with Crippen molar-refractivity contribution in [1.29, 1.82) is 0 Å². The molecule has 2 rings (SSSR count). The fourth-order valence-corrected chi connectivity index (χ4v) is 3.28. The quantitative estimate of drug-likeness (QED) is 0.588. The lowest BCUT2D eigenvalue weighted by Crippen LogP contribution is -2.10. The van der Waals surface area contributed by atoms with Gasteiger partial charge in [0.2, 0.25) is 0 Å². The molecule has 0 aromatic carbocycles. The van der Waals surface area contributed by atoms with Crippen molar-refractivity contribution in [2.24, 2.45) is 0 Å². The second-order valence-electron chi connectivity index (χ2n) is 5.07. The predicted molar refractivity (Wildman–Crippen MR) is 84.3 cm³/mol. The smallest absolute Gasteiger partial charge is 0.261 e. The summed E-state index contributed by atoms with van der Waals surface area (Å²) in [6, 6.07) is 2.91. The first-order valence-electron chi connectivity index (χ1n) is 7.36. The minimum atomic E-state index is -4.46. The average molecular weight is 341 g/mol. The van der Waals surface area contributed by atoms with Crippen LogP contribution < -0.4 is 0 Å². The number of hydrogen-bond acceptors (Lipinski definition) is 4. The first-order chi connectivity index (χ1) is 10.8. The molecular formula is C16H18F3N3S. The van der Waals surface area contributed by atoms with Gasteiger partial charge >= 0.3 is 6.18 Å². The SMILES string of the molecule is CCc1ccnc(CC)c1CSc1nc(C)cc(C(F)(F)F)n1. The maximum atomic E-state index is 12.8. The maximum absolute atomic E-state index is 12.8. The number of pyridine rings is 1. The Morgan fingerprint density at radius 1 is 1.13 bits per heavy atom. The Morgan fingerprint density at radius 2 is 1.87 bits per heavy atom. The molecule has 0 aliphatic carbocycles. The zero-order valence-corrected chi connectivity index (χ0v) is 14.1. The van der Waals surface area contributed by atoms with Gasteiger partial charge in [-0.1, -0.05) is 25.6 Å². The number of aryl methyl sites for hydroxylation is 3. The standard InChI is InChI=1S/C16H18F3N3S/c1-4-11-6-7-20-13(5-2)12(11)9-23-15-21-10(3)8-14(22-15)16(17,18)19/h6-8H,4-5,9H2,1-3H3. The van der Waals surface area contributed by atoms with Crippen LogP contribution in [0.25, 0.3) is 0 Å². The summed E-state index contributed by atoms with van der Waals surface area (Å²) in [5, 5.41) is 0.144. The van der Waals surface area contributed by atoms with Crippen molar-refractivity contribution in [2.75, 3.05) is 0 Å². The summed E-state index contributed by atoms with van der Waals surface area (Å²) < 4.78 is 38.5. The summed E-state index contributed by atoms with van der Waals surface area (Å²) in [6.45, 7) is 5.61. The molecule has 7 heteroatoms. The number of hydrogen-bond donors (Lipinski definition) is 0. The van der Waals surface area contributed by atoms with Gasteiger partial charge < -0.3 is 0 Å². The topological polar surface area (TPSA) is 38.7 Å². The van der Waals surface area contributed by atoms with Gasteiger partial charge in [0.1, 0.15) is 5.69 Å². The van der Waals surface area contributed by atoms with Gasteiger partial charge in [-0.3, -0.25) is 4.98 Å². The fraction of sp³-hybridized carbons (Fsp3) is 0.438. The van der Waals surface area contributed by atoms with Crippen LogP contribution in [-0.2, 0) is 24.8 Å². The summed E-state index contributed by atoms with van der Waals surface area (Å²) in [5.74, 6) is 0.515. The average Bonchev–Trinajstić information content (AvgIpc) is 2.51. The third kappa shape index (κ3) is 4.43. The zero-order valence-electron chi connectivity index (χ0n) is 13.2. The largest absolute Gasteiger partial charge is 0.433 e. The Hall–Kier alpha value is -1.63. The molecule has 0 N–H and O–H groups in total. The Balaban J connectivity index is 2.27. The monoisotopic (exact) mass is 341 g/mol. The molecule has 0 aliphatic rings. The minimum absolute atomic E-state index is 0.144. The van der Waals surface area contributed by atoms with Crippen LogP contribution in [0.1, 0.15) is 42.1 Å². The van der Waals surface area contributed by atoms with E-state index in [2.05, 4.69) is 15.0 Å². The third-order valence-electron chi connectivity index (χ3n) is 3.43. The van der Waals surface area contributed by atoms with Crippen LogP contribution >= 0.6 is 11.8 Å². The third-order valence-corrected chi connectivity index (χ3v) is 4.30. The Kier molecular flexibility index (Phi) is 5.62. The molecule has 0 bridgehead atoms. The lowest BCUT2D eigenvalue weighted by molar-refractivity contribution is -0.141. The molecule has 2 aromatic heterocycles. The lowest BCUT2D eigenvalue weighted by atomic mass is 10.0. The Morgan fingerprint density at radius 3 is 2.48 bits per heavy atom. The number of thioether (sulfide) groups is 1. The molecule has 0 aliphatic heterocycles. The van der Waals surface area contributed by atoms with Crippen LogP contribution in [0, 0.1) is 6.92 Å². The van der Waals surface area contributed by atoms with Gasteiger partial charge in [0.25, 0.3) is 0 Å². The van der Waals surface area contributed by atoms with Crippen LogP contribution in [-0.4, -0.2) is 15.0 Å². The molecule has 2 heterocycles. The Labute approximate surface area is 137 Å². The van der Waals surface area contributed by atoms with Crippen LogP contribution in [0.5, 0.6) is 0 Å². The maximum Gasteiger partial charge on any atom is 0.433 e. The summed E-state index contributed by atoms with van der Waals surface area (Å²) in [6.07, 6.45) is -1.04. The Bertz CT molecular complexity index is 665. The van der Waals surface area contributed by atoms with Gasteiger partial charge in [0.15, 0.2) is 5.16 Å². The number of nitrogens with zero attached hydrogens (tertiary/aromatic N) is 3. The number of halogens is 3. The van der Waals surface area contributed by atoms with Crippen molar-refractivity contribution >= 4 is 11.8 Å². The van der Waals surface area contributed by atoms with Gasteiger partial charge in [-0.25, -0.2) is 9.97 Å². The first kappa shape index (κ1) is 17.7. The van der Waals surface area contributed by atoms with Crippen LogP contribution in [0.15, 0.2) is 23.5 Å². The van der Waals surface area contributed by atoms with Crippen molar-refractivity contribution in [3.05, 3.63) is 46.5 Å². The first-order valence-corrected chi connectivity index (χ1v) is 8.35. The van der Waals surface area contributed by atoms with Gasteiger partial charge in [-0.05, 0) is 43.0 Å². The molecule has 0 radical (unpaired) electrons. The predicted octanol–water partition coefficient (Wildman–Crippen LogP) is 4.62. The summed E-state index contributed by atoms with van der Waals surface area (Å²) in [7, 11) is 0. The highest BCUT2D eigenvalue weighted by atomic mass is 32.2. The second kappa shape index (κ2) is 7.29. The van der Waals surface area contributed by atoms with Crippen LogP contribution in [0.3, 0.4) is 0 Å². The normalized spacial score (nSPS) is 11.7. The van der Waals surface area contributed by atoms with E-state index in [9.17, 15) is 13.2 Å². The van der Waals surface area contributed by atoms with Gasteiger partial charge in [0, 0.05) is 23.3 Å². The van der Waals surface area contributed by atoms with Crippen molar-refractivity contribution in [3.63, 3.8) is 0 Å².